The summed E-state index contributed by atoms with van der Waals surface area (Å²) in [4.78, 5) is 8.83. The molecule has 0 radical (unpaired) electrons. The van der Waals surface area contributed by atoms with Gasteiger partial charge < -0.3 is 15.3 Å². The molecule has 9 heteroatoms. The molecule has 0 amide bonds. The molecule has 0 spiro atoms. The van der Waals surface area contributed by atoms with Crippen molar-refractivity contribution < 1.29 is 16.7 Å². The lowest BCUT2D eigenvalue weighted by Crippen LogP contribution is -2.52. The number of piperazine rings is 1. The molecule has 1 unspecified atom stereocenters. The lowest BCUT2D eigenvalue weighted by Gasteiger charge is -2.41. The van der Waals surface area contributed by atoms with Gasteiger partial charge in [-0.05, 0) is 49.7 Å². The highest BCUT2D eigenvalue weighted by atomic mass is 19.1. The van der Waals surface area contributed by atoms with Crippen molar-refractivity contribution in [1.82, 2.24) is 19.7 Å². The first kappa shape index (κ1) is 21.2. The second-order valence-corrected chi connectivity index (χ2v) is 7.88. The van der Waals surface area contributed by atoms with E-state index in [1.54, 1.807) is 0 Å². The van der Waals surface area contributed by atoms with Crippen LogP contribution in [-0.4, -0.2) is 63.6 Å². The van der Waals surface area contributed by atoms with Crippen molar-refractivity contribution in [2.75, 3.05) is 43.0 Å². The number of aryl methyl sites for hydroxylation is 1. The van der Waals surface area contributed by atoms with Gasteiger partial charge in [0.1, 0.15) is 18.0 Å². The Balaban J connectivity index is 0.00000193. The molecule has 4 rings (SSSR count). The van der Waals surface area contributed by atoms with Gasteiger partial charge in [0.05, 0.1) is 12.3 Å². The molecule has 2 N–H and O–H groups in total. The van der Waals surface area contributed by atoms with Gasteiger partial charge >= 0.3 is 0 Å². The van der Waals surface area contributed by atoms with Crippen molar-refractivity contribution in [2.24, 2.45) is 0 Å². The van der Waals surface area contributed by atoms with Gasteiger partial charge in [0.2, 0.25) is 5.95 Å². The SMILES string of the molecule is Cc1cc(Nc2ncn(-c3cc(F)cc(F)c3)n2)cc(N2CCN(CCO)C(C)C2)c1.[HH].[HH]. The summed E-state index contributed by atoms with van der Waals surface area (Å²) in [6.45, 7) is 7.72. The van der Waals surface area contributed by atoms with Crippen molar-refractivity contribution in [3.8, 4) is 5.69 Å². The topological polar surface area (TPSA) is 69.5 Å². The second-order valence-electron chi connectivity index (χ2n) is 7.88. The van der Waals surface area contributed by atoms with Crippen LogP contribution in [0.3, 0.4) is 0 Å². The monoisotopic (exact) mass is 432 g/mol. The van der Waals surface area contributed by atoms with E-state index in [1.807, 2.05) is 19.1 Å². The predicted molar refractivity (Wildman–Crippen MR) is 120 cm³/mol. The molecule has 2 aromatic carbocycles. The first-order valence-electron chi connectivity index (χ1n) is 10.3. The lowest BCUT2D eigenvalue weighted by atomic mass is 10.1. The lowest BCUT2D eigenvalue weighted by molar-refractivity contribution is 0.146. The molecule has 3 aromatic rings. The minimum atomic E-state index is -0.670. The molecule has 1 fully saturated rings. The van der Waals surface area contributed by atoms with E-state index < -0.39 is 11.6 Å². The van der Waals surface area contributed by atoms with Crippen LogP contribution in [0.2, 0.25) is 0 Å². The fourth-order valence-electron chi connectivity index (χ4n) is 3.95. The Hall–Kier alpha value is -3.04. The average molecular weight is 433 g/mol. The average Bonchev–Trinajstić information content (AvgIpc) is 3.17. The van der Waals surface area contributed by atoms with Crippen molar-refractivity contribution in [2.45, 2.75) is 19.9 Å². The number of aliphatic hydroxyl groups excluding tert-OH is 1. The Labute approximate surface area is 182 Å². The van der Waals surface area contributed by atoms with Crippen LogP contribution in [-0.2, 0) is 0 Å². The van der Waals surface area contributed by atoms with Crippen LogP contribution in [0.1, 0.15) is 15.3 Å². The van der Waals surface area contributed by atoms with E-state index in [0.717, 1.165) is 42.6 Å². The van der Waals surface area contributed by atoms with Crippen LogP contribution in [0, 0.1) is 18.6 Å². The smallest absolute Gasteiger partial charge is 0.246 e. The minimum absolute atomic E-state index is 0. The Kier molecular flexibility index (Phi) is 6.15. The fraction of sp³-hybridized carbons (Fsp3) is 0.364. The Morgan fingerprint density at radius 3 is 2.58 bits per heavy atom. The molecule has 31 heavy (non-hydrogen) atoms. The number of benzene rings is 2. The zero-order chi connectivity index (χ0) is 22.0. The summed E-state index contributed by atoms with van der Waals surface area (Å²) in [5.41, 5.74) is 3.29. The Bertz CT molecular complexity index is 1050. The molecule has 2 heterocycles. The normalized spacial score (nSPS) is 17.2. The third-order valence-electron chi connectivity index (χ3n) is 5.44. The Morgan fingerprint density at radius 2 is 1.87 bits per heavy atom. The summed E-state index contributed by atoms with van der Waals surface area (Å²) in [6.07, 6.45) is 1.41. The van der Waals surface area contributed by atoms with E-state index in [9.17, 15) is 13.9 Å². The number of hydrogen-bond acceptors (Lipinski definition) is 6. The van der Waals surface area contributed by atoms with Crippen LogP contribution in [0.5, 0.6) is 0 Å². The zero-order valence-corrected chi connectivity index (χ0v) is 17.6. The van der Waals surface area contributed by atoms with E-state index in [-0.39, 0.29) is 15.1 Å². The van der Waals surface area contributed by atoms with Crippen LogP contribution < -0.4 is 10.2 Å². The summed E-state index contributed by atoms with van der Waals surface area (Å²) >= 11 is 0. The van der Waals surface area contributed by atoms with E-state index in [4.69, 9.17) is 0 Å². The van der Waals surface area contributed by atoms with Crippen LogP contribution in [0.4, 0.5) is 26.1 Å². The van der Waals surface area contributed by atoms with E-state index in [0.29, 0.717) is 18.5 Å². The van der Waals surface area contributed by atoms with Gasteiger partial charge in [-0.2, -0.15) is 4.98 Å². The number of nitrogens with one attached hydrogen (secondary N) is 1. The maximum atomic E-state index is 13.5. The highest BCUT2D eigenvalue weighted by molar-refractivity contribution is 5.64. The maximum Gasteiger partial charge on any atom is 0.246 e. The largest absolute Gasteiger partial charge is 0.395 e. The van der Waals surface area contributed by atoms with Gasteiger partial charge in [0.15, 0.2) is 0 Å². The van der Waals surface area contributed by atoms with Crippen LogP contribution >= 0.6 is 0 Å². The number of anilines is 3. The van der Waals surface area contributed by atoms with Gasteiger partial charge in [0, 0.05) is 52.5 Å². The first-order chi connectivity index (χ1) is 14.9. The molecule has 7 nitrogen and oxygen atoms in total. The first-order valence-corrected chi connectivity index (χ1v) is 10.3. The van der Waals surface area contributed by atoms with Gasteiger partial charge in [-0.3, -0.25) is 4.90 Å². The van der Waals surface area contributed by atoms with Crippen molar-refractivity contribution >= 4 is 17.3 Å². The van der Waals surface area contributed by atoms with Crippen molar-refractivity contribution in [3.05, 3.63) is 59.9 Å². The second kappa shape index (κ2) is 8.99. The van der Waals surface area contributed by atoms with Gasteiger partial charge in [0.25, 0.3) is 0 Å². The van der Waals surface area contributed by atoms with E-state index >= 15 is 0 Å². The summed E-state index contributed by atoms with van der Waals surface area (Å²) in [7, 11) is 0. The number of β-amino-alcohol motifs (C(OH)–C–C–N with tert-alkyl or cyclic N) is 1. The molecule has 0 saturated carbocycles. The van der Waals surface area contributed by atoms with Crippen molar-refractivity contribution in [3.63, 3.8) is 0 Å². The minimum Gasteiger partial charge on any atom is -0.395 e. The zero-order valence-electron chi connectivity index (χ0n) is 17.6. The molecular weight excluding hydrogens is 402 g/mol. The predicted octanol–water partition coefficient (Wildman–Crippen LogP) is 3.59. The van der Waals surface area contributed by atoms with E-state index in [1.165, 1.54) is 23.1 Å². The highest BCUT2D eigenvalue weighted by Gasteiger charge is 2.23. The summed E-state index contributed by atoms with van der Waals surface area (Å²) < 4.78 is 28.3. The number of aliphatic hydroxyl groups is 1. The van der Waals surface area contributed by atoms with Gasteiger partial charge in [-0.25, -0.2) is 13.5 Å². The maximum absolute atomic E-state index is 13.5. The number of halogens is 2. The Morgan fingerprint density at radius 1 is 1.10 bits per heavy atom. The molecular formula is C22H30F2N6O. The number of hydrogen-bond donors (Lipinski definition) is 2. The van der Waals surface area contributed by atoms with Crippen molar-refractivity contribution in [1.29, 1.82) is 0 Å². The standard InChI is InChI=1S/C22H26F2N6O.2H2/c1-15-7-19(12-20(8-15)29-4-3-28(5-6-31)16(2)13-29)26-22-25-14-30(27-22)21-10-17(23)9-18(24)11-21;;/h7-12,14,16,31H,3-6,13H2,1-2H3,(H,26,27);2*1H. The molecule has 1 aliphatic heterocycles. The number of aromatic nitrogens is 3. The molecule has 1 aliphatic rings. The van der Waals surface area contributed by atoms with Gasteiger partial charge in [-0.1, -0.05) is 0 Å². The fourth-order valence-corrected chi connectivity index (χ4v) is 3.95. The summed E-state index contributed by atoms with van der Waals surface area (Å²) in [5.74, 6) is -1.00. The molecule has 1 aromatic heterocycles. The molecule has 0 bridgehead atoms. The number of nitrogens with zero attached hydrogens (tertiary/aromatic N) is 5. The molecule has 1 saturated heterocycles. The van der Waals surface area contributed by atoms with Crippen LogP contribution in [0.25, 0.3) is 5.69 Å². The molecule has 0 aliphatic carbocycles. The summed E-state index contributed by atoms with van der Waals surface area (Å²) in [6, 6.07) is 9.75. The quantitative estimate of drug-likeness (QED) is 0.621. The van der Waals surface area contributed by atoms with Crippen LogP contribution in [0.15, 0.2) is 42.7 Å². The third-order valence-corrected chi connectivity index (χ3v) is 5.44. The molecule has 168 valence electrons. The highest BCUT2D eigenvalue weighted by Crippen LogP contribution is 2.26. The molecule has 1 atom stereocenters. The summed E-state index contributed by atoms with van der Waals surface area (Å²) in [5, 5.41) is 16.7. The van der Waals surface area contributed by atoms with E-state index in [2.05, 4.69) is 38.2 Å². The number of rotatable bonds is 6. The third kappa shape index (κ3) is 5.00. The van der Waals surface area contributed by atoms with Gasteiger partial charge in [-0.15, -0.1) is 5.10 Å².